The Balaban J connectivity index is 1.64. The summed E-state index contributed by atoms with van der Waals surface area (Å²) in [5.74, 6) is 0.357. The van der Waals surface area contributed by atoms with Gasteiger partial charge in [0.05, 0.1) is 0 Å². The van der Waals surface area contributed by atoms with Crippen molar-refractivity contribution in [2.24, 2.45) is 0 Å². The number of esters is 1. The third kappa shape index (κ3) is 4.71. The molecule has 3 rings (SSSR count). The third-order valence-corrected chi connectivity index (χ3v) is 6.52. The van der Waals surface area contributed by atoms with Crippen LogP contribution in [-0.4, -0.2) is 5.97 Å². The number of ether oxygens (including phenoxy) is 1. The first-order valence-electron chi connectivity index (χ1n) is 9.03. The molecule has 0 fully saturated rings. The molecule has 0 radical (unpaired) electrons. The Bertz CT molecular complexity index is 796. The van der Waals surface area contributed by atoms with Crippen molar-refractivity contribution in [2.45, 2.75) is 52.4 Å². The molecule has 0 saturated heterocycles. The zero-order chi connectivity index (χ0) is 17.6. The zero-order valence-electron chi connectivity index (χ0n) is 14.8. The Morgan fingerprint density at radius 1 is 0.920 bits per heavy atom. The van der Waals surface area contributed by atoms with E-state index in [1.807, 2.05) is 30.3 Å². The van der Waals surface area contributed by atoms with E-state index in [0.717, 1.165) is 12.8 Å². The molecule has 0 saturated carbocycles. The molecular formula is C21H24O2S2. The van der Waals surface area contributed by atoms with Gasteiger partial charge in [0.15, 0.2) is 0 Å². The van der Waals surface area contributed by atoms with Gasteiger partial charge < -0.3 is 4.74 Å². The standard InChI is InChI=1S/C21H24O2S2/c1-3-5-7-15-9-11-16(12-10-15)23-21(22)20-14-19-18(25-20)13-17(24-19)8-6-4-2/h9-14H,3-8H2,1-2H3. The molecule has 0 amide bonds. The van der Waals surface area contributed by atoms with Crippen LogP contribution in [0.1, 0.15) is 59.6 Å². The maximum absolute atomic E-state index is 12.4. The number of carbonyl (C=O) groups excluding carboxylic acids is 1. The van der Waals surface area contributed by atoms with E-state index in [0.29, 0.717) is 10.6 Å². The van der Waals surface area contributed by atoms with Crippen molar-refractivity contribution in [3.8, 4) is 5.75 Å². The van der Waals surface area contributed by atoms with Crippen molar-refractivity contribution in [1.29, 1.82) is 0 Å². The van der Waals surface area contributed by atoms with Gasteiger partial charge in [0.2, 0.25) is 0 Å². The minimum absolute atomic E-state index is 0.259. The lowest BCUT2D eigenvalue weighted by atomic mass is 10.1. The maximum Gasteiger partial charge on any atom is 0.353 e. The summed E-state index contributed by atoms with van der Waals surface area (Å²) < 4.78 is 7.92. The first-order chi connectivity index (χ1) is 12.2. The van der Waals surface area contributed by atoms with E-state index in [2.05, 4.69) is 19.9 Å². The monoisotopic (exact) mass is 372 g/mol. The van der Waals surface area contributed by atoms with E-state index in [1.165, 1.54) is 56.9 Å². The first-order valence-corrected chi connectivity index (χ1v) is 10.7. The highest BCUT2D eigenvalue weighted by atomic mass is 32.1. The van der Waals surface area contributed by atoms with Crippen LogP contribution in [0, 0.1) is 0 Å². The van der Waals surface area contributed by atoms with E-state index in [-0.39, 0.29) is 5.97 Å². The van der Waals surface area contributed by atoms with Crippen LogP contribution in [0.5, 0.6) is 5.75 Å². The van der Waals surface area contributed by atoms with Gasteiger partial charge in [0.25, 0.3) is 0 Å². The largest absolute Gasteiger partial charge is 0.422 e. The number of carbonyl (C=O) groups is 1. The van der Waals surface area contributed by atoms with Crippen LogP contribution in [0.15, 0.2) is 36.4 Å². The molecule has 132 valence electrons. The van der Waals surface area contributed by atoms with Gasteiger partial charge >= 0.3 is 5.97 Å². The highest BCUT2D eigenvalue weighted by Gasteiger charge is 2.15. The topological polar surface area (TPSA) is 26.3 Å². The van der Waals surface area contributed by atoms with E-state index >= 15 is 0 Å². The average Bonchev–Trinajstić information content (AvgIpc) is 3.18. The predicted octanol–water partition coefficient (Wildman–Crippen LogP) is 6.87. The second-order valence-corrected chi connectivity index (χ2v) is 8.54. The Morgan fingerprint density at radius 2 is 1.60 bits per heavy atom. The molecule has 2 aromatic heterocycles. The number of benzene rings is 1. The van der Waals surface area contributed by atoms with Crippen LogP contribution >= 0.6 is 22.7 Å². The maximum atomic E-state index is 12.4. The molecule has 0 spiro atoms. The molecule has 3 aromatic rings. The van der Waals surface area contributed by atoms with Crippen LogP contribution < -0.4 is 4.74 Å². The van der Waals surface area contributed by atoms with Gasteiger partial charge in [-0.2, -0.15) is 0 Å². The number of rotatable bonds is 8. The lowest BCUT2D eigenvalue weighted by Gasteiger charge is -2.04. The Morgan fingerprint density at radius 3 is 2.28 bits per heavy atom. The number of fused-ring (bicyclic) bond motifs is 1. The summed E-state index contributed by atoms with van der Waals surface area (Å²) in [5.41, 5.74) is 1.29. The second-order valence-electron chi connectivity index (χ2n) is 6.29. The number of thiophene rings is 2. The summed E-state index contributed by atoms with van der Waals surface area (Å²) in [6.45, 7) is 4.40. The van der Waals surface area contributed by atoms with Crippen molar-refractivity contribution < 1.29 is 9.53 Å². The summed E-state index contributed by atoms with van der Waals surface area (Å²) in [6, 6.07) is 12.1. The number of unbranched alkanes of at least 4 members (excludes halogenated alkanes) is 2. The van der Waals surface area contributed by atoms with Crippen molar-refractivity contribution in [1.82, 2.24) is 0 Å². The number of hydrogen-bond acceptors (Lipinski definition) is 4. The van der Waals surface area contributed by atoms with Crippen LogP contribution in [0.3, 0.4) is 0 Å². The van der Waals surface area contributed by atoms with Crippen molar-refractivity contribution in [3.05, 3.63) is 51.7 Å². The fourth-order valence-electron chi connectivity index (χ4n) is 2.72. The minimum atomic E-state index is -0.259. The normalized spacial score (nSPS) is 11.1. The SMILES string of the molecule is CCCCc1ccc(OC(=O)c2cc3sc(CCCC)cc3s2)cc1. The molecule has 2 heterocycles. The van der Waals surface area contributed by atoms with Crippen molar-refractivity contribution in [3.63, 3.8) is 0 Å². The van der Waals surface area contributed by atoms with Gasteiger partial charge in [-0.1, -0.05) is 38.8 Å². The first kappa shape index (κ1) is 18.2. The Labute approximate surface area is 157 Å². The quantitative estimate of drug-likeness (QED) is 0.319. The highest BCUT2D eigenvalue weighted by molar-refractivity contribution is 7.28. The molecular weight excluding hydrogens is 348 g/mol. The minimum Gasteiger partial charge on any atom is -0.422 e. The van der Waals surface area contributed by atoms with Crippen LogP contribution in [-0.2, 0) is 12.8 Å². The van der Waals surface area contributed by atoms with Gasteiger partial charge in [0.1, 0.15) is 10.6 Å². The smallest absolute Gasteiger partial charge is 0.353 e. The van der Waals surface area contributed by atoms with Crippen LogP contribution in [0.25, 0.3) is 9.40 Å². The van der Waals surface area contributed by atoms with Gasteiger partial charge in [-0.15, -0.1) is 22.7 Å². The van der Waals surface area contributed by atoms with Crippen molar-refractivity contribution in [2.75, 3.05) is 0 Å². The lowest BCUT2D eigenvalue weighted by molar-refractivity contribution is 0.0740. The number of hydrogen-bond donors (Lipinski definition) is 0. The van der Waals surface area contributed by atoms with E-state index in [9.17, 15) is 4.79 Å². The zero-order valence-corrected chi connectivity index (χ0v) is 16.5. The van der Waals surface area contributed by atoms with E-state index in [4.69, 9.17) is 4.74 Å². The molecule has 0 unspecified atom stereocenters. The van der Waals surface area contributed by atoms with Crippen LogP contribution in [0.4, 0.5) is 0 Å². The lowest BCUT2D eigenvalue weighted by Crippen LogP contribution is -2.06. The summed E-state index contributed by atoms with van der Waals surface area (Å²) in [6.07, 6.45) is 7.01. The van der Waals surface area contributed by atoms with Crippen LogP contribution in [0.2, 0.25) is 0 Å². The molecule has 0 atom stereocenters. The van der Waals surface area contributed by atoms with Crippen molar-refractivity contribution >= 4 is 38.0 Å². The molecule has 0 bridgehead atoms. The van der Waals surface area contributed by atoms with E-state index < -0.39 is 0 Å². The Hall–Kier alpha value is -1.65. The van der Waals surface area contributed by atoms with Gasteiger partial charge in [0, 0.05) is 14.3 Å². The second kappa shape index (κ2) is 8.63. The summed E-state index contributed by atoms with van der Waals surface area (Å²) in [7, 11) is 0. The fourth-order valence-corrected chi connectivity index (χ4v) is 5.06. The summed E-state index contributed by atoms with van der Waals surface area (Å²) in [4.78, 5) is 14.5. The number of aryl methyl sites for hydroxylation is 2. The molecule has 0 aliphatic carbocycles. The summed E-state index contributed by atoms with van der Waals surface area (Å²) >= 11 is 3.32. The predicted molar refractivity (Wildman–Crippen MR) is 108 cm³/mol. The molecule has 1 aromatic carbocycles. The fraction of sp³-hybridized carbons (Fsp3) is 0.381. The highest BCUT2D eigenvalue weighted by Crippen LogP contribution is 2.34. The average molecular weight is 373 g/mol. The molecule has 2 nitrogen and oxygen atoms in total. The van der Waals surface area contributed by atoms with Gasteiger partial charge in [-0.3, -0.25) is 0 Å². The van der Waals surface area contributed by atoms with Gasteiger partial charge in [-0.05, 0) is 55.5 Å². The Kier molecular flexibility index (Phi) is 6.27. The third-order valence-electron chi connectivity index (χ3n) is 4.19. The molecule has 0 aliphatic heterocycles. The van der Waals surface area contributed by atoms with Gasteiger partial charge in [-0.25, -0.2) is 4.79 Å². The van der Waals surface area contributed by atoms with E-state index in [1.54, 1.807) is 11.3 Å². The molecule has 0 N–H and O–H groups in total. The molecule has 0 aliphatic rings. The summed E-state index contributed by atoms with van der Waals surface area (Å²) in [5, 5.41) is 0. The molecule has 4 heteroatoms. The molecule has 25 heavy (non-hydrogen) atoms.